The Kier molecular flexibility index (Phi) is 954. The van der Waals surface area contributed by atoms with Crippen molar-refractivity contribution in [2.75, 3.05) is 0 Å². The highest BCUT2D eigenvalue weighted by molar-refractivity contribution is 3.83. The van der Waals surface area contributed by atoms with Crippen molar-refractivity contribution in [2.45, 2.75) is 0 Å². The summed E-state index contributed by atoms with van der Waals surface area (Å²) >= 11 is 0. The van der Waals surface area contributed by atoms with Crippen LogP contribution in [0.15, 0.2) is 5.34 Å². The van der Waals surface area contributed by atoms with Crippen LogP contribution in [0.2, 0.25) is 0 Å². The minimum atomic E-state index is 0. The lowest BCUT2D eigenvalue weighted by Crippen LogP contribution is -1.25. The first kappa shape index (κ1) is 27.3. The second-order valence-corrected chi connectivity index (χ2v) is 0.0816. The average Bonchev–Trinajstić information content (AvgIpc) is 0.918. The molecule has 0 amide bonds. The third-order valence-electron chi connectivity index (χ3n) is 0. The zero-order valence-corrected chi connectivity index (χ0v) is 2.30. The van der Waals surface area contributed by atoms with Gasteiger partial charge in [-0.1, -0.05) is 0 Å². The molecule has 5 heavy (non-hydrogen) atoms. The Bertz CT molecular complexity index is 11.1. The molecule has 0 atom stereocenters. The molecule has 5 heteroatoms. The van der Waals surface area contributed by atoms with Crippen LogP contribution in [0.5, 0.6) is 0 Å². The summed E-state index contributed by atoms with van der Waals surface area (Å²) in [5, 5.41) is 7.89. The van der Waals surface area contributed by atoms with Gasteiger partial charge in [0.15, 0.2) is 5.34 Å². The molecule has 0 unspecified atom stereocenters. The Labute approximate surface area is 27.8 Å². The third-order valence-corrected chi connectivity index (χ3v) is 0. The van der Waals surface area contributed by atoms with E-state index in [0.29, 0.717) is 0 Å². The van der Waals surface area contributed by atoms with Crippen molar-refractivity contribution < 1.29 is 16.2 Å². The highest BCUT2D eigenvalue weighted by Gasteiger charge is 1.18. The van der Waals surface area contributed by atoms with E-state index in [4.69, 9.17) is 10.1 Å². The zero-order valence-electron chi connectivity index (χ0n) is 2.30. The van der Waals surface area contributed by atoms with Gasteiger partial charge < -0.3 is 16.2 Å². The molecule has 0 spiro atoms. The topological polar surface area (TPSA) is 113 Å². The molecule has 0 aliphatic rings. The quantitative estimate of drug-likeness (QED) is 0.283. The summed E-state index contributed by atoms with van der Waals surface area (Å²) in [7, 11) is 0. The number of hydrogen-bond donors (Lipinski definition) is 1. The number of rotatable bonds is 0. The highest BCUT2D eigenvalue weighted by Crippen LogP contribution is 1.25. The Morgan fingerprint density at radius 3 is 1.40 bits per heavy atom. The SMILES string of the molecule is O.O.O=NO. The first-order valence-corrected chi connectivity index (χ1v) is 0.383. The summed E-state index contributed by atoms with van der Waals surface area (Å²) in [5.41, 5.74) is 0. The molecule has 34 valence electrons. The second-order valence-electron chi connectivity index (χ2n) is 0.0816. The van der Waals surface area contributed by atoms with E-state index in [-0.39, 0.29) is 11.0 Å². The zero-order chi connectivity index (χ0) is 2.71. The summed E-state index contributed by atoms with van der Waals surface area (Å²) in [6.45, 7) is 0. The van der Waals surface area contributed by atoms with E-state index in [9.17, 15) is 0 Å². The molecule has 0 aromatic rings. The monoisotopic (exact) mass is 83.0 g/mol. The van der Waals surface area contributed by atoms with E-state index < -0.39 is 0 Å². The van der Waals surface area contributed by atoms with Crippen molar-refractivity contribution in [3.8, 4) is 0 Å². The standard InChI is InChI=1S/HNO2.2H2O/c2-1-3;;/h(H,2,3);2*1H2. The van der Waals surface area contributed by atoms with Crippen molar-refractivity contribution in [2.24, 2.45) is 5.34 Å². The van der Waals surface area contributed by atoms with E-state index in [1.165, 1.54) is 5.34 Å². The van der Waals surface area contributed by atoms with Gasteiger partial charge in [0.05, 0.1) is 0 Å². The highest BCUT2D eigenvalue weighted by atomic mass is 16.6. The van der Waals surface area contributed by atoms with Crippen molar-refractivity contribution in [3.63, 3.8) is 0 Å². The van der Waals surface area contributed by atoms with Gasteiger partial charge in [0.2, 0.25) is 0 Å². The van der Waals surface area contributed by atoms with Crippen LogP contribution in [-0.2, 0) is 0 Å². The fourth-order valence-corrected chi connectivity index (χ4v) is 0. The van der Waals surface area contributed by atoms with Gasteiger partial charge >= 0.3 is 0 Å². The van der Waals surface area contributed by atoms with E-state index in [0.717, 1.165) is 0 Å². The van der Waals surface area contributed by atoms with Crippen LogP contribution >= 0.6 is 0 Å². The smallest absolute Gasteiger partial charge is 0.152 e. The fraction of sp³-hybridized carbons (Fsp3) is 0. The molecule has 5 nitrogen and oxygen atoms in total. The van der Waals surface area contributed by atoms with Crippen molar-refractivity contribution in [3.05, 3.63) is 4.91 Å². The van der Waals surface area contributed by atoms with Gasteiger partial charge in [0.25, 0.3) is 0 Å². The van der Waals surface area contributed by atoms with Crippen LogP contribution in [0, 0.1) is 4.91 Å². The molecule has 0 fully saturated rings. The second kappa shape index (κ2) is 175. The Hall–Kier alpha value is -0.680. The number of hydrogen-bond acceptors (Lipinski definition) is 2. The van der Waals surface area contributed by atoms with Gasteiger partial charge in [0, 0.05) is 0 Å². The summed E-state index contributed by atoms with van der Waals surface area (Å²) in [5.74, 6) is 0. The summed E-state index contributed by atoms with van der Waals surface area (Å²) < 4.78 is 0. The molecule has 0 rings (SSSR count). The van der Waals surface area contributed by atoms with Crippen LogP contribution in [0.25, 0.3) is 0 Å². The third kappa shape index (κ3) is 12.5. The molecule has 0 saturated carbocycles. The maximum atomic E-state index is 8.11. The predicted octanol–water partition coefficient (Wildman–Crippen LogP) is -1.51. The van der Waals surface area contributed by atoms with E-state index in [1.54, 1.807) is 0 Å². The Balaban J connectivity index is -0.0000000200. The van der Waals surface area contributed by atoms with Gasteiger partial charge in [0.1, 0.15) is 0 Å². The molecule has 0 aromatic carbocycles. The Morgan fingerprint density at radius 1 is 1.40 bits per heavy atom. The predicted molar refractivity (Wildman–Crippen MR) is 14.8 cm³/mol. The van der Waals surface area contributed by atoms with E-state index >= 15 is 0 Å². The lowest BCUT2D eigenvalue weighted by Gasteiger charge is -1.32. The molecule has 0 radical (unpaired) electrons. The fourth-order valence-electron chi connectivity index (χ4n) is 0. The van der Waals surface area contributed by atoms with Gasteiger partial charge in [-0.25, -0.2) is 0 Å². The lowest BCUT2D eigenvalue weighted by molar-refractivity contribution is 0.312. The van der Waals surface area contributed by atoms with Gasteiger partial charge in [-0.3, -0.25) is 0 Å². The molecular formula is H5NO4. The average molecular weight is 83.0 g/mol. The van der Waals surface area contributed by atoms with Gasteiger partial charge in [-0.05, 0) is 0 Å². The Morgan fingerprint density at radius 2 is 1.40 bits per heavy atom. The largest absolute Gasteiger partial charge is 0.412 e. The normalized spacial score (nSPS) is 2.40. The molecular weight excluding hydrogens is 78.0 g/mol. The molecule has 0 aliphatic heterocycles. The van der Waals surface area contributed by atoms with Crippen molar-refractivity contribution in [1.82, 2.24) is 0 Å². The van der Waals surface area contributed by atoms with Crippen LogP contribution in [0.1, 0.15) is 0 Å². The molecule has 0 aromatic heterocycles. The van der Waals surface area contributed by atoms with Crippen LogP contribution < -0.4 is 0 Å². The maximum Gasteiger partial charge on any atom is 0.152 e. The van der Waals surface area contributed by atoms with E-state index in [1.807, 2.05) is 0 Å². The van der Waals surface area contributed by atoms with Crippen molar-refractivity contribution >= 4 is 0 Å². The van der Waals surface area contributed by atoms with Gasteiger partial charge in [-0.2, -0.15) is 0 Å². The first-order valence-electron chi connectivity index (χ1n) is 0.383. The molecule has 0 bridgehead atoms. The molecule has 0 heterocycles. The molecule has 0 aliphatic carbocycles. The summed E-state index contributed by atoms with van der Waals surface area (Å²) in [4.78, 5) is 8.11. The molecule has 0 saturated heterocycles. The van der Waals surface area contributed by atoms with Crippen molar-refractivity contribution in [1.29, 1.82) is 0 Å². The first-order chi connectivity index (χ1) is 1.41. The summed E-state index contributed by atoms with van der Waals surface area (Å²) in [6.07, 6.45) is 0. The van der Waals surface area contributed by atoms with Gasteiger partial charge in [-0.15, -0.1) is 4.91 Å². The van der Waals surface area contributed by atoms with Crippen LogP contribution in [0.3, 0.4) is 0 Å². The molecule has 5 N–H and O–H groups in total. The van der Waals surface area contributed by atoms with Crippen LogP contribution in [-0.4, -0.2) is 16.2 Å². The minimum Gasteiger partial charge on any atom is -0.412 e. The van der Waals surface area contributed by atoms with Crippen LogP contribution in [0.4, 0.5) is 0 Å². The lowest BCUT2D eigenvalue weighted by atomic mass is 13.4. The summed E-state index contributed by atoms with van der Waals surface area (Å²) in [6, 6.07) is 0. The maximum absolute atomic E-state index is 8.11. The van der Waals surface area contributed by atoms with E-state index in [2.05, 4.69) is 0 Å². The number of nitrogens with zero attached hydrogens (tertiary/aromatic N) is 1. The minimum absolute atomic E-state index is 0.